The van der Waals surface area contributed by atoms with E-state index in [2.05, 4.69) is 30.7 Å². The third kappa shape index (κ3) is 5.55. The predicted octanol–water partition coefficient (Wildman–Crippen LogP) is 3.40. The number of halogens is 1. The maximum atomic E-state index is 12.8. The van der Waals surface area contributed by atoms with Gasteiger partial charge in [0.25, 0.3) is 0 Å². The van der Waals surface area contributed by atoms with Gasteiger partial charge in [-0.1, -0.05) is 33.6 Å². The van der Waals surface area contributed by atoms with Crippen molar-refractivity contribution in [3.05, 3.63) is 29.8 Å². The highest BCUT2D eigenvalue weighted by atomic mass is 19.1. The lowest BCUT2D eigenvalue weighted by molar-refractivity contribution is 0.132. The van der Waals surface area contributed by atoms with Crippen molar-refractivity contribution in [1.29, 1.82) is 0 Å². The van der Waals surface area contributed by atoms with Crippen LogP contribution in [0.4, 0.5) is 4.39 Å². The maximum Gasteiger partial charge on any atom is 0.141 e. The van der Waals surface area contributed by atoms with E-state index in [0.717, 1.165) is 31.7 Å². The van der Waals surface area contributed by atoms with E-state index < -0.39 is 6.10 Å². The first-order valence-corrected chi connectivity index (χ1v) is 7.62. The molecule has 0 radical (unpaired) electrons. The fourth-order valence-corrected chi connectivity index (χ4v) is 2.33. The van der Waals surface area contributed by atoms with Crippen LogP contribution in [0.25, 0.3) is 0 Å². The van der Waals surface area contributed by atoms with E-state index in [1.807, 2.05) is 0 Å². The topological polar surface area (TPSA) is 36.4 Å². The molecule has 0 aliphatic rings. The Hall–Kier alpha value is -1.00. The van der Waals surface area contributed by atoms with Gasteiger partial charge in [0.2, 0.25) is 0 Å². The number of aliphatic hydroxyl groups excluding tert-OH is 1. The summed E-state index contributed by atoms with van der Waals surface area (Å²) in [5, 5.41) is 10.1. The van der Waals surface area contributed by atoms with Gasteiger partial charge in [-0.15, -0.1) is 0 Å². The summed E-state index contributed by atoms with van der Waals surface area (Å²) in [5.41, 5.74) is 0.546. The van der Waals surface area contributed by atoms with E-state index in [1.165, 1.54) is 18.9 Å². The molecule has 1 atom stereocenters. The van der Waals surface area contributed by atoms with Crippen LogP contribution in [-0.4, -0.2) is 34.6 Å². The molecule has 20 heavy (non-hydrogen) atoms. The van der Waals surface area contributed by atoms with Crippen LogP contribution in [0.5, 0.6) is 0 Å². The van der Waals surface area contributed by atoms with Crippen LogP contribution in [0.15, 0.2) is 18.3 Å². The second kappa shape index (κ2) is 9.03. The molecule has 0 aromatic carbocycles. The number of hydrogen-bond acceptors (Lipinski definition) is 3. The van der Waals surface area contributed by atoms with Crippen molar-refractivity contribution in [2.75, 3.05) is 19.6 Å². The van der Waals surface area contributed by atoms with Crippen LogP contribution < -0.4 is 0 Å². The van der Waals surface area contributed by atoms with Crippen molar-refractivity contribution >= 4 is 0 Å². The fraction of sp³-hybridized carbons (Fsp3) is 0.688. The van der Waals surface area contributed by atoms with Gasteiger partial charge in [-0.3, -0.25) is 4.98 Å². The Morgan fingerprint density at radius 2 is 1.95 bits per heavy atom. The average Bonchev–Trinajstić information content (AvgIpc) is 2.48. The molecule has 0 saturated carbocycles. The summed E-state index contributed by atoms with van der Waals surface area (Å²) in [7, 11) is 0. The highest BCUT2D eigenvalue weighted by molar-refractivity contribution is 5.07. The third-order valence-corrected chi connectivity index (χ3v) is 3.93. The SMILES string of the molecule is CCC(CC)CN(CC)CCC(O)c1ccc(F)cn1. The third-order valence-electron chi connectivity index (χ3n) is 3.93. The number of aliphatic hydroxyl groups is 1. The van der Waals surface area contributed by atoms with Crippen LogP contribution in [0, 0.1) is 11.7 Å². The van der Waals surface area contributed by atoms with Crippen molar-refractivity contribution in [3.8, 4) is 0 Å². The van der Waals surface area contributed by atoms with Crippen LogP contribution in [0.1, 0.15) is 51.8 Å². The van der Waals surface area contributed by atoms with Crippen molar-refractivity contribution in [3.63, 3.8) is 0 Å². The minimum Gasteiger partial charge on any atom is -0.387 e. The molecule has 1 unspecified atom stereocenters. The van der Waals surface area contributed by atoms with Crippen LogP contribution in [0.2, 0.25) is 0 Å². The summed E-state index contributed by atoms with van der Waals surface area (Å²) >= 11 is 0. The van der Waals surface area contributed by atoms with Crippen LogP contribution >= 0.6 is 0 Å². The predicted molar refractivity (Wildman–Crippen MR) is 80.0 cm³/mol. The molecular formula is C16H27FN2O. The van der Waals surface area contributed by atoms with Gasteiger partial charge in [0, 0.05) is 13.1 Å². The molecule has 1 N–H and O–H groups in total. The molecule has 0 amide bonds. The second-order valence-corrected chi connectivity index (χ2v) is 5.28. The lowest BCUT2D eigenvalue weighted by Gasteiger charge is -2.26. The highest BCUT2D eigenvalue weighted by Crippen LogP contribution is 2.16. The molecule has 114 valence electrons. The van der Waals surface area contributed by atoms with Crippen LogP contribution in [0.3, 0.4) is 0 Å². The van der Waals surface area contributed by atoms with Crippen molar-refractivity contribution in [1.82, 2.24) is 9.88 Å². The zero-order valence-electron chi connectivity index (χ0n) is 12.8. The molecule has 0 spiro atoms. The molecule has 1 rings (SSSR count). The molecule has 0 saturated heterocycles. The Morgan fingerprint density at radius 3 is 2.45 bits per heavy atom. The van der Waals surface area contributed by atoms with Gasteiger partial charge in [-0.2, -0.15) is 0 Å². The van der Waals surface area contributed by atoms with Crippen molar-refractivity contribution in [2.24, 2.45) is 5.92 Å². The van der Waals surface area contributed by atoms with Gasteiger partial charge in [0.15, 0.2) is 0 Å². The van der Waals surface area contributed by atoms with E-state index in [-0.39, 0.29) is 5.82 Å². The summed E-state index contributed by atoms with van der Waals surface area (Å²) in [6.45, 7) is 9.49. The lowest BCUT2D eigenvalue weighted by Crippen LogP contribution is -2.31. The van der Waals surface area contributed by atoms with E-state index in [0.29, 0.717) is 12.1 Å². The molecule has 4 heteroatoms. The molecule has 3 nitrogen and oxygen atoms in total. The molecule has 1 aromatic heterocycles. The van der Waals surface area contributed by atoms with Gasteiger partial charge < -0.3 is 10.0 Å². The standard InChI is InChI=1S/C16H27FN2O/c1-4-13(5-2)12-19(6-3)10-9-16(20)15-8-7-14(17)11-18-15/h7-8,11,13,16,20H,4-6,9-10,12H2,1-3H3. The quantitative estimate of drug-likeness (QED) is 0.754. The minimum atomic E-state index is -0.619. The lowest BCUT2D eigenvalue weighted by atomic mass is 10.0. The Kier molecular flexibility index (Phi) is 7.70. The molecule has 1 aromatic rings. The smallest absolute Gasteiger partial charge is 0.141 e. The van der Waals surface area contributed by atoms with E-state index in [9.17, 15) is 9.50 Å². The highest BCUT2D eigenvalue weighted by Gasteiger charge is 2.14. The van der Waals surface area contributed by atoms with E-state index >= 15 is 0 Å². The number of nitrogens with zero attached hydrogens (tertiary/aromatic N) is 2. The first-order valence-electron chi connectivity index (χ1n) is 7.62. The summed E-state index contributed by atoms with van der Waals surface area (Å²) in [6.07, 6.45) is 3.54. The van der Waals surface area contributed by atoms with Gasteiger partial charge in [-0.25, -0.2) is 4.39 Å². The van der Waals surface area contributed by atoms with Crippen molar-refractivity contribution < 1.29 is 9.50 Å². The summed E-state index contributed by atoms with van der Waals surface area (Å²) in [5.74, 6) is 0.348. The average molecular weight is 282 g/mol. The number of aromatic nitrogens is 1. The van der Waals surface area contributed by atoms with Crippen LogP contribution in [-0.2, 0) is 0 Å². The molecule has 0 fully saturated rings. The Morgan fingerprint density at radius 1 is 1.25 bits per heavy atom. The number of pyridine rings is 1. The first kappa shape index (κ1) is 17.1. The van der Waals surface area contributed by atoms with E-state index in [4.69, 9.17) is 0 Å². The Balaban J connectivity index is 2.45. The molecule has 1 heterocycles. The fourth-order valence-electron chi connectivity index (χ4n) is 2.33. The van der Waals surface area contributed by atoms with E-state index in [1.54, 1.807) is 6.07 Å². The monoisotopic (exact) mass is 282 g/mol. The van der Waals surface area contributed by atoms with Gasteiger partial charge in [0.1, 0.15) is 5.82 Å². The summed E-state index contributed by atoms with van der Waals surface area (Å²) in [4.78, 5) is 6.30. The summed E-state index contributed by atoms with van der Waals surface area (Å²) in [6, 6.07) is 2.89. The molecular weight excluding hydrogens is 255 g/mol. The molecule has 0 aliphatic heterocycles. The van der Waals surface area contributed by atoms with Gasteiger partial charge in [-0.05, 0) is 31.0 Å². The van der Waals surface area contributed by atoms with Gasteiger partial charge in [0.05, 0.1) is 18.0 Å². The zero-order chi connectivity index (χ0) is 15.0. The normalized spacial score (nSPS) is 13.2. The zero-order valence-corrected chi connectivity index (χ0v) is 12.8. The largest absolute Gasteiger partial charge is 0.387 e. The number of hydrogen-bond donors (Lipinski definition) is 1. The maximum absolute atomic E-state index is 12.8. The first-order chi connectivity index (χ1) is 9.60. The number of rotatable bonds is 9. The molecule has 0 aliphatic carbocycles. The van der Waals surface area contributed by atoms with Gasteiger partial charge >= 0.3 is 0 Å². The van der Waals surface area contributed by atoms with Crippen molar-refractivity contribution in [2.45, 2.75) is 46.1 Å². The Bertz CT molecular complexity index is 365. The molecule has 0 bridgehead atoms. The Labute approximate surface area is 121 Å². The second-order valence-electron chi connectivity index (χ2n) is 5.28. The summed E-state index contributed by atoms with van der Waals surface area (Å²) < 4.78 is 12.8. The minimum absolute atomic E-state index is 0.370.